The molecule has 0 fully saturated rings. The molecule has 0 spiro atoms. The lowest BCUT2D eigenvalue weighted by Gasteiger charge is -2.20. The molecule has 0 aliphatic carbocycles. The van der Waals surface area contributed by atoms with Crippen LogP contribution in [0.4, 0.5) is 5.69 Å². The van der Waals surface area contributed by atoms with E-state index >= 15 is 0 Å². The maximum atomic E-state index is 13.2. The number of methoxy groups -OCH3 is 1. The number of para-hydroxylation sites is 1. The fourth-order valence-electron chi connectivity index (χ4n) is 4.93. The molecular formula is C37H40N2O5. The van der Waals surface area contributed by atoms with Gasteiger partial charge >= 0.3 is 5.97 Å². The number of ketones is 1. The highest BCUT2D eigenvalue weighted by atomic mass is 16.5. The van der Waals surface area contributed by atoms with Crippen LogP contribution in [0.15, 0.2) is 103 Å². The van der Waals surface area contributed by atoms with Gasteiger partial charge in [0, 0.05) is 36.2 Å². The zero-order valence-corrected chi connectivity index (χ0v) is 25.4. The molecule has 228 valence electrons. The van der Waals surface area contributed by atoms with E-state index in [1.807, 2.05) is 54.6 Å². The van der Waals surface area contributed by atoms with Crippen LogP contribution in [0, 0.1) is 6.92 Å². The van der Waals surface area contributed by atoms with E-state index in [4.69, 9.17) is 9.47 Å². The van der Waals surface area contributed by atoms with Gasteiger partial charge in [-0.1, -0.05) is 84.4 Å². The summed E-state index contributed by atoms with van der Waals surface area (Å²) >= 11 is 0. The normalized spacial score (nSPS) is 11.3. The summed E-state index contributed by atoms with van der Waals surface area (Å²) in [7, 11) is 1.35. The highest BCUT2D eigenvalue weighted by molar-refractivity contribution is 6.12. The minimum atomic E-state index is -0.697. The molecule has 0 aliphatic heterocycles. The maximum Gasteiger partial charge on any atom is 0.328 e. The molecule has 0 saturated heterocycles. The van der Waals surface area contributed by atoms with E-state index in [0.29, 0.717) is 55.0 Å². The number of amides is 1. The summed E-state index contributed by atoms with van der Waals surface area (Å²) in [5.41, 5.74) is 5.02. The van der Waals surface area contributed by atoms with Gasteiger partial charge in [0.1, 0.15) is 11.8 Å². The first kappa shape index (κ1) is 32.0. The van der Waals surface area contributed by atoms with Crippen molar-refractivity contribution in [2.24, 2.45) is 0 Å². The van der Waals surface area contributed by atoms with Crippen molar-refractivity contribution in [1.29, 1.82) is 0 Å². The van der Waals surface area contributed by atoms with Gasteiger partial charge in [-0.25, -0.2) is 4.79 Å². The molecule has 7 heteroatoms. The molecule has 1 atom stereocenters. The van der Waals surface area contributed by atoms with E-state index in [1.54, 1.807) is 30.3 Å². The van der Waals surface area contributed by atoms with Crippen LogP contribution in [-0.2, 0) is 27.2 Å². The highest BCUT2D eigenvalue weighted by Crippen LogP contribution is 2.22. The second kappa shape index (κ2) is 16.7. The van der Waals surface area contributed by atoms with Gasteiger partial charge in [0.15, 0.2) is 5.78 Å². The Morgan fingerprint density at radius 3 is 2.30 bits per heavy atom. The Labute approximate surface area is 259 Å². The number of rotatable bonds is 16. The first-order valence-electron chi connectivity index (χ1n) is 15.0. The number of nitrogens with one attached hydrogen (secondary N) is 2. The maximum absolute atomic E-state index is 13.2. The fourth-order valence-corrected chi connectivity index (χ4v) is 4.93. The molecule has 0 aromatic heterocycles. The van der Waals surface area contributed by atoms with Crippen LogP contribution in [0.2, 0.25) is 0 Å². The molecule has 0 aliphatic rings. The molecule has 4 rings (SSSR count). The average molecular weight is 593 g/mol. The van der Waals surface area contributed by atoms with Crippen LogP contribution in [-0.4, -0.2) is 44.0 Å². The Hall–Kier alpha value is -4.91. The van der Waals surface area contributed by atoms with Crippen molar-refractivity contribution in [2.75, 3.05) is 25.6 Å². The second-order valence-corrected chi connectivity index (χ2v) is 10.7. The van der Waals surface area contributed by atoms with Gasteiger partial charge < -0.3 is 20.1 Å². The lowest BCUT2D eigenvalue weighted by molar-refractivity contribution is -0.141. The van der Waals surface area contributed by atoms with Gasteiger partial charge in [-0.15, -0.1) is 0 Å². The summed E-state index contributed by atoms with van der Waals surface area (Å²) in [5, 5.41) is 6.19. The summed E-state index contributed by atoms with van der Waals surface area (Å²) in [6.07, 6.45) is 3.28. The number of ether oxygens (including phenoxy) is 2. The molecule has 0 bridgehead atoms. The van der Waals surface area contributed by atoms with Crippen LogP contribution >= 0.6 is 0 Å². The number of aryl methyl sites for hydroxylation is 2. The van der Waals surface area contributed by atoms with Crippen LogP contribution in [0.25, 0.3) is 0 Å². The van der Waals surface area contributed by atoms with E-state index in [2.05, 4.69) is 35.8 Å². The zero-order chi connectivity index (χ0) is 31.1. The summed E-state index contributed by atoms with van der Waals surface area (Å²) < 4.78 is 10.9. The zero-order valence-electron chi connectivity index (χ0n) is 25.4. The Bertz CT molecular complexity index is 1520. The molecule has 7 nitrogen and oxygen atoms in total. The van der Waals surface area contributed by atoms with Crippen molar-refractivity contribution in [3.05, 3.63) is 131 Å². The first-order chi connectivity index (χ1) is 21.4. The number of esters is 1. The van der Waals surface area contributed by atoms with Crippen molar-refractivity contribution in [2.45, 2.75) is 45.1 Å². The van der Waals surface area contributed by atoms with Crippen molar-refractivity contribution in [3.8, 4) is 5.75 Å². The van der Waals surface area contributed by atoms with Crippen molar-refractivity contribution in [1.82, 2.24) is 5.32 Å². The van der Waals surface area contributed by atoms with Gasteiger partial charge in [-0.2, -0.15) is 0 Å². The molecule has 0 saturated carbocycles. The minimum absolute atomic E-state index is 0.0582. The Morgan fingerprint density at radius 2 is 1.55 bits per heavy atom. The average Bonchev–Trinajstić information content (AvgIpc) is 3.05. The number of anilines is 1. The predicted octanol–water partition coefficient (Wildman–Crippen LogP) is 6.33. The molecule has 2 N–H and O–H groups in total. The number of carbonyl (C=O) groups excluding carboxylic acids is 3. The topological polar surface area (TPSA) is 93.7 Å². The third kappa shape index (κ3) is 9.83. The lowest BCUT2D eigenvalue weighted by atomic mass is 10.00. The second-order valence-electron chi connectivity index (χ2n) is 10.7. The van der Waals surface area contributed by atoms with Crippen molar-refractivity contribution in [3.63, 3.8) is 0 Å². The van der Waals surface area contributed by atoms with Gasteiger partial charge in [0.2, 0.25) is 5.91 Å². The molecule has 0 radical (unpaired) electrons. The quantitative estimate of drug-likeness (QED) is 0.0897. The summed E-state index contributed by atoms with van der Waals surface area (Å²) in [6.45, 7) is 3.11. The van der Waals surface area contributed by atoms with Gasteiger partial charge in [-0.05, 0) is 61.6 Å². The van der Waals surface area contributed by atoms with Crippen LogP contribution in [0.5, 0.6) is 5.75 Å². The largest absolute Gasteiger partial charge is 0.494 e. The number of hydrogen-bond donors (Lipinski definition) is 2. The number of carbonyl (C=O) groups is 3. The standard InChI is InChI=1S/C37H40N2O5/c1-27-11-8-12-28(25-27)13-9-18-35(40)38-23-10-24-44-31-21-19-29(20-22-31)26-34(37(42)43-2)39-33-17-7-6-16-32(33)36(41)30-14-4-3-5-15-30/h3-8,11-12,14-17,19-22,25,34,39H,9-10,13,18,23-24,26H2,1-2H3,(H,38,40)/t34-/m0/s1. The first-order valence-corrected chi connectivity index (χ1v) is 15.0. The molecular weight excluding hydrogens is 552 g/mol. The van der Waals surface area contributed by atoms with Gasteiger partial charge in [0.25, 0.3) is 0 Å². The number of benzene rings is 4. The van der Waals surface area contributed by atoms with Crippen LogP contribution < -0.4 is 15.4 Å². The van der Waals surface area contributed by atoms with E-state index in [0.717, 1.165) is 18.4 Å². The molecule has 1 amide bonds. The SMILES string of the molecule is COC(=O)[C@H](Cc1ccc(OCCCNC(=O)CCCc2cccc(C)c2)cc1)Nc1ccccc1C(=O)c1ccccc1. The number of hydrogen-bond acceptors (Lipinski definition) is 6. The smallest absolute Gasteiger partial charge is 0.328 e. The Morgan fingerprint density at radius 1 is 0.795 bits per heavy atom. The Kier molecular flexibility index (Phi) is 12.1. The lowest BCUT2D eigenvalue weighted by Crippen LogP contribution is -2.33. The molecule has 0 unspecified atom stereocenters. The fraction of sp³-hybridized carbons (Fsp3) is 0.270. The Balaban J connectivity index is 1.22. The molecule has 0 heterocycles. The van der Waals surface area contributed by atoms with Gasteiger partial charge in [-0.3, -0.25) is 9.59 Å². The monoisotopic (exact) mass is 592 g/mol. The summed E-state index contributed by atoms with van der Waals surface area (Å²) in [5.74, 6) is 0.212. The van der Waals surface area contributed by atoms with Crippen molar-refractivity contribution >= 4 is 23.3 Å². The predicted molar refractivity (Wildman–Crippen MR) is 173 cm³/mol. The van der Waals surface area contributed by atoms with E-state index in [1.165, 1.54) is 18.2 Å². The highest BCUT2D eigenvalue weighted by Gasteiger charge is 2.22. The minimum Gasteiger partial charge on any atom is -0.494 e. The third-order valence-corrected chi connectivity index (χ3v) is 7.25. The molecule has 44 heavy (non-hydrogen) atoms. The third-order valence-electron chi connectivity index (χ3n) is 7.25. The summed E-state index contributed by atoms with van der Waals surface area (Å²) in [4.78, 5) is 38.0. The van der Waals surface area contributed by atoms with E-state index in [9.17, 15) is 14.4 Å². The molecule has 4 aromatic carbocycles. The molecule has 4 aromatic rings. The van der Waals surface area contributed by atoms with Crippen molar-refractivity contribution < 1.29 is 23.9 Å². The van der Waals surface area contributed by atoms with E-state index in [-0.39, 0.29) is 11.7 Å². The van der Waals surface area contributed by atoms with Gasteiger partial charge in [0.05, 0.1) is 13.7 Å². The van der Waals surface area contributed by atoms with Crippen LogP contribution in [0.1, 0.15) is 51.9 Å². The van der Waals surface area contributed by atoms with E-state index < -0.39 is 12.0 Å². The summed E-state index contributed by atoms with van der Waals surface area (Å²) in [6, 6.07) is 31.4. The van der Waals surface area contributed by atoms with Crippen LogP contribution in [0.3, 0.4) is 0 Å².